The van der Waals surface area contributed by atoms with Crippen molar-refractivity contribution < 1.29 is 17.8 Å². The maximum atomic E-state index is 11.7. The molecule has 5 heteroatoms. The van der Waals surface area contributed by atoms with Gasteiger partial charge < -0.3 is 4.55 Å². The molecule has 0 aromatic heterocycles. The summed E-state index contributed by atoms with van der Waals surface area (Å²) in [6, 6.07) is 0. The van der Waals surface area contributed by atoms with E-state index in [-0.39, 0.29) is 29.0 Å². The van der Waals surface area contributed by atoms with Gasteiger partial charge >= 0.3 is 0 Å². The van der Waals surface area contributed by atoms with E-state index < -0.39 is 15.4 Å². The largest absolute Gasteiger partial charge is 0.747 e. The van der Waals surface area contributed by atoms with Crippen molar-refractivity contribution >= 4 is 15.9 Å². The molecule has 2 aliphatic rings. The Morgan fingerprint density at radius 2 is 1.93 bits per heavy atom. The summed E-state index contributed by atoms with van der Waals surface area (Å²) in [5, 5.41) is -1.28. The van der Waals surface area contributed by atoms with E-state index in [0.717, 1.165) is 0 Å². The van der Waals surface area contributed by atoms with E-state index in [9.17, 15) is 17.8 Å². The van der Waals surface area contributed by atoms with E-state index in [1.165, 1.54) is 0 Å². The number of fused-ring (bicyclic) bond motifs is 2. The Kier molecular flexibility index (Phi) is 2.09. The van der Waals surface area contributed by atoms with Gasteiger partial charge in [-0.2, -0.15) is 0 Å². The van der Waals surface area contributed by atoms with Gasteiger partial charge in [0.25, 0.3) is 0 Å². The third-order valence-electron chi connectivity index (χ3n) is 4.56. The van der Waals surface area contributed by atoms with Gasteiger partial charge in [-0.15, -0.1) is 0 Å². The number of Topliss-reactive ketones (excluding diaryl/α,β-unsaturated/α-hetero) is 1. The summed E-state index contributed by atoms with van der Waals surface area (Å²) in [7, 11) is -4.48. The molecule has 0 spiro atoms. The molecule has 0 N–H and O–H groups in total. The van der Waals surface area contributed by atoms with Crippen molar-refractivity contribution in [1.29, 1.82) is 0 Å². The summed E-state index contributed by atoms with van der Waals surface area (Å²) in [5.74, 6) is -0.680. The highest BCUT2D eigenvalue weighted by atomic mass is 32.2. The number of rotatable bonds is 1. The number of hydrogen-bond acceptors (Lipinski definition) is 4. The summed E-state index contributed by atoms with van der Waals surface area (Å²) >= 11 is 0. The second-order valence-electron chi connectivity index (χ2n) is 5.37. The van der Waals surface area contributed by atoms with E-state index in [2.05, 4.69) is 0 Å². The summed E-state index contributed by atoms with van der Waals surface area (Å²) in [5.41, 5.74) is -0.222. The van der Waals surface area contributed by atoms with Gasteiger partial charge in [0.2, 0.25) is 0 Å². The van der Waals surface area contributed by atoms with Crippen molar-refractivity contribution in [2.75, 3.05) is 0 Å². The molecule has 2 aliphatic carbocycles. The minimum Gasteiger partial charge on any atom is -0.747 e. The smallest absolute Gasteiger partial charge is 0.153 e. The van der Waals surface area contributed by atoms with Gasteiger partial charge in [-0.25, -0.2) is 8.42 Å². The molecule has 2 fully saturated rings. The van der Waals surface area contributed by atoms with Gasteiger partial charge in [-0.1, -0.05) is 20.8 Å². The quantitative estimate of drug-likeness (QED) is 0.625. The number of hydrogen-bond donors (Lipinski definition) is 0. The summed E-state index contributed by atoms with van der Waals surface area (Å²) in [6.07, 6.45) is 0.569. The molecule has 86 valence electrons. The number of carbonyl (C=O) groups is 1. The first-order valence-corrected chi connectivity index (χ1v) is 6.63. The van der Waals surface area contributed by atoms with Crippen LogP contribution in [0, 0.1) is 23.2 Å². The van der Waals surface area contributed by atoms with Crippen molar-refractivity contribution in [3.8, 4) is 0 Å². The highest BCUT2D eigenvalue weighted by molar-refractivity contribution is 7.87. The molecule has 2 rings (SSSR count). The van der Waals surface area contributed by atoms with Gasteiger partial charge in [-0.3, -0.25) is 4.79 Å². The van der Waals surface area contributed by atoms with Crippen LogP contribution in [0.3, 0.4) is 0 Å². The molecule has 0 unspecified atom stereocenters. The molecule has 0 amide bonds. The zero-order chi connectivity index (χ0) is 11.6. The summed E-state index contributed by atoms with van der Waals surface area (Å²) in [6.45, 7) is 5.87. The topological polar surface area (TPSA) is 74.3 Å². The fraction of sp³-hybridized carbons (Fsp3) is 0.900. The molecule has 0 aliphatic heterocycles. The normalized spacial score (nSPS) is 43.6. The first-order chi connectivity index (χ1) is 6.67. The number of carbonyl (C=O) groups excluding carboxylic acids is 1. The lowest BCUT2D eigenvalue weighted by molar-refractivity contribution is -0.125. The first kappa shape index (κ1) is 11.1. The predicted octanol–water partition coefficient (Wildman–Crippen LogP) is 0.781. The van der Waals surface area contributed by atoms with Crippen LogP contribution in [0.1, 0.15) is 27.2 Å². The third kappa shape index (κ3) is 1.29. The molecular formula is C10H15O4S-. The molecule has 4 atom stereocenters. The zero-order valence-electron chi connectivity index (χ0n) is 9.06. The second kappa shape index (κ2) is 2.83. The van der Waals surface area contributed by atoms with Crippen molar-refractivity contribution in [2.45, 2.75) is 32.4 Å². The maximum absolute atomic E-state index is 11.7. The van der Waals surface area contributed by atoms with Gasteiger partial charge in [-0.05, 0) is 23.7 Å². The molecule has 0 radical (unpaired) electrons. The first-order valence-electron chi connectivity index (χ1n) is 5.16. The van der Waals surface area contributed by atoms with Crippen LogP contribution in [0.5, 0.6) is 0 Å². The Labute approximate surface area is 89.8 Å². The van der Waals surface area contributed by atoms with Crippen LogP contribution in [0.2, 0.25) is 0 Å². The van der Waals surface area contributed by atoms with E-state index in [4.69, 9.17) is 0 Å². The Bertz CT molecular complexity index is 409. The SMILES string of the molecule is C[C@H]1[C@H]2C[C@H]([C@H](S(=O)(=O)[O-])C2=O)C1(C)C. The highest BCUT2D eigenvalue weighted by Gasteiger charge is 2.61. The third-order valence-corrected chi connectivity index (χ3v) is 5.75. The second-order valence-corrected chi connectivity index (χ2v) is 6.87. The average Bonchev–Trinajstić information content (AvgIpc) is 2.48. The summed E-state index contributed by atoms with van der Waals surface area (Å²) < 4.78 is 33.2. The van der Waals surface area contributed by atoms with Crippen LogP contribution < -0.4 is 0 Å². The molecule has 15 heavy (non-hydrogen) atoms. The molecule has 0 aromatic carbocycles. The molecule has 2 saturated carbocycles. The Hall–Kier alpha value is -0.420. The van der Waals surface area contributed by atoms with Gasteiger partial charge in [0.15, 0.2) is 5.78 Å². The van der Waals surface area contributed by atoms with Crippen molar-refractivity contribution in [3.63, 3.8) is 0 Å². The highest BCUT2D eigenvalue weighted by Crippen LogP contribution is 2.58. The summed E-state index contributed by atoms with van der Waals surface area (Å²) in [4.78, 5) is 11.7. The minimum absolute atomic E-state index is 0.174. The predicted molar refractivity (Wildman–Crippen MR) is 53.0 cm³/mol. The maximum Gasteiger partial charge on any atom is 0.153 e. The van der Waals surface area contributed by atoms with Crippen LogP contribution in [0.25, 0.3) is 0 Å². The molecule has 0 aromatic rings. The van der Waals surface area contributed by atoms with Crippen molar-refractivity contribution in [2.24, 2.45) is 23.2 Å². The molecule has 0 heterocycles. The fourth-order valence-corrected chi connectivity index (χ4v) is 4.59. The van der Waals surface area contributed by atoms with E-state index in [0.29, 0.717) is 6.42 Å². The van der Waals surface area contributed by atoms with Gasteiger partial charge in [0, 0.05) is 5.92 Å². The fourth-order valence-electron chi connectivity index (χ4n) is 3.27. The average molecular weight is 231 g/mol. The molecule has 2 bridgehead atoms. The monoisotopic (exact) mass is 231 g/mol. The van der Waals surface area contributed by atoms with Crippen LogP contribution in [-0.2, 0) is 14.9 Å². The lowest BCUT2D eigenvalue weighted by Crippen LogP contribution is -2.46. The van der Waals surface area contributed by atoms with Gasteiger partial charge in [0.05, 0.1) is 0 Å². The Morgan fingerprint density at radius 3 is 2.33 bits per heavy atom. The van der Waals surface area contributed by atoms with E-state index in [1.54, 1.807) is 0 Å². The van der Waals surface area contributed by atoms with Crippen LogP contribution >= 0.6 is 0 Å². The van der Waals surface area contributed by atoms with Crippen LogP contribution in [0.15, 0.2) is 0 Å². The lowest BCUT2D eigenvalue weighted by atomic mass is 9.69. The standard InChI is InChI=1S/C10H16O4S/c1-5-6-4-7(10(5,2)3)9(8(6)11)15(12,13)14/h5-7,9H,4H2,1-3H3,(H,12,13,14)/p-1/t5-,6+,7+,9-/m0/s1. The molecule has 4 nitrogen and oxygen atoms in total. The van der Waals surface area contributed by atoms with Crippen LogP contribution in [-0.4, -0.2) is 24.0 Å². The Morgan fingerprint density at radius 1 is 1.40 bits per heavy atom. The lowest BCUT2D eigenvalue weighted by Gasteiger charge is -2.40. The Balaban J connectivity index is 2.46. The molecular weight excluding hydrogens is 216 g/mol. The van der Waals surface area contributed by atoms with Crippen LogP contribution in [0.4, 0.5) is 0 Å². The molecule has 0 saturated heterocycles. The van der Waals surface area contributed by atoms with Crippen molar-refractivity contribution in [3.05, 3.63) is 0 Å². The number of ketones is 1. The zero-order valence-corrected chi connectivity index (χ0v) is 9.87. The minimum atomic E-state index is -4.48. The van der Waals surface area contributed by atoms with Gasteiger partial charge in [0.1, 0.15) is 15.4 Å². The van der Waals surface area contributed by atoms with E-state index in [1.807, 2.05) is 20.8 Å². The van der Waals surface area contributed by atoms with Crippen molar-refractivity contribution in [1.82, 2.24) is 0 Å². The van der Waals surface area contributed by atoms with E-state index >= 15 is 0 Å².